The molecule has 74 valence electrons. The van der Waals surface area contributed by atoms with Gasteiger partial charge >= 0.3 is 0 Å². The van der Waals surface area contributed by atoms with Gasteiger partial charge in [0.15, 0.2) is 5.78 Å². The topological polar surface area (TPSA) is 37.4 Å². The normalized spacial score (nSPS) is 20.8. The summed E-state index contributed by atoms with van der Waals surface area (Å²) in [5.41, 5.74) is 0. The van der Waals surface area contributed by atoms with Gasteiger partial charge in [0.1, 0.15) is 0 Å². The number of ketones is 1. The second kappa shape index (κ2) is 5.51. The van der Waals surface area contributed by atoms with E-state index in [1.165, 1.54) is 13.0 Å². The third kappa shape index (κ3) is 3.40. The number of allylic oxidation sites excluding steroid dienone is 1. The van der Waals surface area contributed by atoms with Gasteiger partial charge in [0, 0.05) is 25.6 Å². The van der Waals surface area contributed by atoms with E-state index in [4.69, 9.17) is 0 Å². The molecule has 0 saturated carbocycles. The van der Waals surface area contributed by atoms with Crippen molar-refractivity contribution in [3.8, 4) is 0 Å². The molecule has 1 atom stereocenters. The minimum atomic E-state index is -0.0127. The molecule has 0 aromatic heterocycles. The van der Waals surface area contributed by atoms with Crippen molar-refractivity contribution in [3.63, 3.8) is 0 Å². The number of amides is 1. The van der Waals surface area contributed by atoms with E-state index in [2.05, 4.69) is 0 Å². The van der Waals surface area contributed by atoms with E-state index in [1.54, 1.807) is 11.1 Å². The highest BCUT2D eigenvalue weighted by Gasteiger charge is 2.20. The second-order valence-corrected chi connectivity index (χ2v) is 2.76. The summed E-state index contributed by atoms with van der Waals surface area (Å²) in [4.78, 5) is 23.3. The highest BCUT2D eigenvalue weighted by atomic mass is 16.2. The lowest BCUT2D eigenvalue weighted by atomic mass is 10.1. The van der Waals surface area contributed by atoms with Gasteiger partial charge in [-0.15, -0.1) is 0 Å². The molecular weight excluding hydrogens is 166 g/mol. The first-order valence-corrected chi connectivity index (χ1v) is 4.61. The zero-order valence-corrected chi connectivity index (χ0v) is 8.70. The Kier molecular flexibility index (Phi) is 5.04. The van der Waals surface area contributed by atoms with Crippen molar-refractivity contribution < 1.29 is 9.59 Å². The van der Waals surface area contributed by atoms with E-state index < -0.39 is 0 Å². The summed E-state index contributed by atoms with van der Waals surface area (Å²) in [5.74, 6) is 0.0799. The largest absolute Gasteiger partial charge is 0.316 e. The van der Waals surface area contributed by atoms with Crippen molar-refractivity contribution in [1.82, 2.24) is 4.90 Å². The predicted octanol–water partition coefficient (Wildman–Crippen LogP) is 1.74. The monoisotopic (exact) mass is 183 g/mol. The lowest BCUT2D eigenvalue weighted by Gasteiger charge is -2.26. The summed E-state index contributed by atoms with van der Waals surface area (Å²) < 4.78 is 0. The number of rotatable bonds is 0. The zero-order chi connectivity index (χ0) is 10.4. The fourth-order valence-corrected chi connectivity index (χ4v) is 1.18. The van der Waals surface area contributed by atoms with Crippen molar-refractivity contribution in [1.29, 1.82) is 0 Å². The first-order chi connectivity index (χ1) is 6.11. The van der Waals surface area contributed by atoms with Crippen LogP contribution >= 0.6 is 0 Å². The molecule has 3 heteroatoms. The van der Waals surface area contributed by atoms with Gasteiger partial charge in [0.25, 0.3) is 0 Å². The fourth-order valence-electron chi connectivity index (χ4n) is 1.18. The van der Waals surface area contributed by atoms with Crippen LogP contribution in [0.25, 0.3) is 0 Å². The molecule has 3 nitrogen and oxygen atoms in total. The molecule has 1 aliphatic rings. The summed E-state index contributed by atoms with van der Waals surface area (Å²) in [6, 6.07) is 0.0185. The first kappa shape index (κ1) is 11.9. The number of nitrogens with zero attached hydrogens (tertiary/aromatic N) is 1. The summed E-state index contributed by atoms with van der Waals surface area (Å²) in [6.07, 6.45) is 3.44. The lowest BCUT2D eigenvalue weighted by Crippen LogP contribution is -2.36. The van der Waals surface area contributed by atoms with Gasteiger partial charge in [0.2, 0.25) is 5.91 Å². The van der Waals surface area contributed by atoms with Gasteiger partial charge < -0.3 is 4.90 Å². The molecule has 0 fully saturated rings. The molecule has 0 spiro atoms. The molecule has 0 N–H and O–H groups in total. The van der Waals surface area contributed by atoms with Crippen LogP contribution in [0.3, 0.4) is 0 Å². The highest BCUT2D eigenvalue weighted by molar-refractivity contribution is 5.92. The van der Waals surface area contributed by atoms with Crippen molar-refractivity contribution >= 4 is 11.7 Å². The molecule has 0 radical (unpaired) electrons. The standard InChI is InChI=1S/C8H11NO2.C2H6/c1-6-5-8(11)3-4-9(6)7(2)10;1-2/h3-4,6H,5H2,1-2H3;1-2H3. The number of carbonyl (C=O) groups is 2. The lowest BCUT2D eigenvalue weighted by molar-refractivity contribution is -0.129. The van der Waals surface area contributed by atoms with Crippen molar-refractivity contribution in [2.24, 2.45) is 0 Å². The average Bonchev–Trinajstić information content (AvgIpc) is 2.07. The van der Waals surface area contributed by atoms with Gasteiger partial charge in [-0.25, -0.2) is 0 Å². The van der Waals surface area contributed by atoms with Crippen LogP contribution in [0.4, 0.5) is 0 Å². The molecule has 1 aliphatic heterocycles. The van der Waals surface area contributed by atoms with Crippen LogP contribution in [0.2, 0.25) is 0 Å². The summed E-state index contributed by atoms with van der Waals surface area (Å²) in [6.45, 7) is 7.36. The van der Waals surface area contributed by atoms with Crippen LogP contribution in [0.1, 0.15) is 34.1 Å². The Hall–Kier alpha value is -1.12. The van der Waals surface area contributed by atoms with Crippen molar-refractivity contribution in [2.75, 3.05) is 0 Å². The molecule has 1 heterocycles. The molecular formula is C10H17NO2. The maximum atomic E-state index is 10.9. The molecule has 0 aliphatic carbocycles. The fraction of sp³-hybridized carbons (Fsp3) is 0.600. The maximum absolute atomic E-state index is 10.9. The third-order valence-corrected chi connectivity index (χ3v) is 1.76. The maximum Gasteiger partial charge on any atom is 0.223 e. The smallest absolute Gasteiger partial charge is 0.223 e. The van der Waals surface area contributed by atoms with Crippen molar-refractivity contribution in [2.45, 2.75) is 40.2 Å². The van der Waals surface area contributed by atoms with E-state index in [-0.39, 0.29) is 17.7 Å². The van der Waals surface area contributed by atoms with Crippen LogP contribution in [-0.4, -0.2) is 22.6 Å². The van der Waals surface area contributed by atoms with E-state index in [0.717, 1.165) is 0 Å². The molecule has 0 bridgehead atoms. The Bertz CT molecular complexity index is 221. The molecule has 13 heavy (non-hydrogen) atoms. The van der Waals surface area contributed by atoms with E-state index in [9.17, 15) is 9.59 Å². The van der Waals surface area contributed by atoms with E-state index in [1.807, 2.05) is 20.8 Å². The Morgan fingerprint density at radius 2 is 2.08 bits per heavy atom. The van der Waals surface area contributed by atoms with Gasteiger partial charge in [0.05, 0.1) is 0 Å². The SMILES string of the molecule is CC.CC(=O)N1C=CC(=O)CC1C. The molecule has 0 saturated heterocycles. The van der Waals surface area contributed by atoms with Crippen LogP contribution in [-0.2, 0) is 9.59 Å². The Morgan fingerprint density at radius 1 is 1.54 bits per heavy atom. The number of hydrogen-bond donors (Lipinski definition) is 0. The van der Waals surface area contributed by atoms with Crippen LogP contribution in [0, 0.1) is 0 Å². The summed E-state index contributed by atoms with van der Waals surface area (Å²) >= 11 is 0. The Balaban J connectivity index is 0.000000671. The minimum Gasteiger partial charge on any atom is -0.316 e. The Labute approximate surface area is 79.4 Å². The zero-order valence-electron chi connectivity index (χ0n) is 8.70. The Morgan fingerprint density at radius 3 is 2.46 bits per heavy atom. The van der Waals surface area contributed by atoms with Crippen LogP contribution in [0.5, 0.6) is 0 Å². The van der Waals surface area contributed by atoms with Crippen LogP contribution < -0.4 is 0 Å². The first-order valence-electron chi connectivity index (χ1n) is 4.61. The summed E-state index contributed by atoms with van der Waals surface area (Å²) in [7, 11) is 0. The average molecular weight is 183 g/mol. The van der Waals surface area contributed by atoms with Crippen molar-refractivity contribution in [3.05, 3.63) is 12.3 Å². The minimum absolute atomic E-state index is 0.0127. The van der Waals surface area contributed by atoms with Gasteiger partial charge in [-0.3, -0.25) is 9.59 Å². The summed E-state index contributed by atoms with van der Waals surface area (Å²) in [5, 5.41) is 0. The second-order valence-electron chi connectivity index (χ2n) is 2.76. The quantitative estimate of drug-likeness (QED) is 0.573. The van der Waals surface area contributed by atoms with E-state index >= 15 is 0 Å². The van der Waals surface area contributed by atoms with Gasteiger partial charge in [-0.05, 0) is 13.0 Å². The number of hydrogen-bond acceptors (Lipinski definition) is 2. The molecule has 1 unspecified atom stereocenters. The molecule has 1 rings (SSSR count). The molecule has 0 aromatic rings. The van der Waals surface area contributed by atoms with E-state index in [0.29, 0.717) is 6.42 Å². The predicted molar refractivity (Wildman–Crippen MR) is 52.1 cm³/mol. The molecule has 0 aromatic carbocycles. The number of carbonyl (C=O) groups excluding carboxylic acids is 2. The third-order valence-electron chi connectivity index (χ3n) is 1.76. The highest BCUT2D eigenvalue weighted by Crippen LogP contribution is 2.11. The van der Waals surface area contributed by atoms with Gasteiger partial charge in [-0.2, -0.15) is 0 Å². The van der Waals surface area contributed by atoms with Gasteiger partial charge in [-0.1, -0.05) is 13.8 Å². The molecule has 1 amide bonds. The van der Waals surface area contributed by atoms with Crippen LogP contribution in [0.15, 0.2) is 12.3 Å².